The van der Waals surface area contributed by atoms with E-state index in [1.807, 2.05) is 0 Å². The van der Waals surface area contributed by atoms with E-state index in [4.69, 9.17) is 48.1 Å². The molecule has 16 N–H and O–H groups in total. The van der Waals surface area contributed by atoms with E-state index in [-0.39, 0.29) is 51.8 Å². The van der Waals surface area contributed by atoms with Gasteiger partial charge in [-0.05, 0) is 53.9 Å². The Hall–Kier alpha value is -7.04. The van der Waals surface area contributed by atoms with Gasteiger partial charge in [-0.1, -0.05) is 0 Å². The molecule has 0 fully saturated rings. The summed E-state index contributed by atoms with van der Waals surface area (Å²) in [5.41, 5.74) is 20.1. The van der Waals surface area contributed by atoms with E-state index in [0.717, 1.165) is 24.3 Å². The number of aromatic hydroxyl groups is 4. The average molecular weight is 639 g/mol. The number of anilines is 4. The Bertz CT molecular complexity index is 1640. The molecule has 0 unspecified atom stereocenters. The van der Waals surface area contributed by atoms with Crippen molar-refractivity contribution in [1.82, 2.24) is 0 Å². The number of hydrogen-bond donors (Lipinski definition) is 12. The van der Waals surface area contributed by atoms with Crippen LogP contribution in [-0.4, -0.2) is 64.7 Å². The van der Waals surface area contributed by atoms with Crippen LogP contribution in [0.5, 0.6) is 34.5 Å². The molecule has 4 aromatic rings. The van der Waals surface area contributed by atoms with Crippen LogP contribution in [-0.2, 0) is 6.42 Å². The minimum Gasteiger partial charge on any atom is -0.506 e. The molecule has 0 aliphatic carbocycles. The van der Waals surface area contributed by atoms with Crippen LogP contribution < -0.4 is 27.7 Å². The van der Waals surface area contributed by atoms with Gasteiger partial charge in [-0.2, -0.15) is 0 Å². The van der Waals surface area contributed by atoms with Crippen molar-refractivity contribution in [3.8, 4) is 34.5 Å². The summed E-state index contributed by atoms with van der Waals surface area (Å²) < 4.78 is 5.27. The summed E-state index contributed by atoms with van der Waals surface area (Å²) >= 11 is 0. The minimum atomic E-state index is -1.38. The molecular formula is C29H26N4O13. The third-order valence-corrected chi connectivity index (χ3v) is 6.26. The Balaban J connectivity index is 0.000000250. The lowest BCUT2D eigenvalue weighted by molar-refractivity contribution is 0.0686. The number of aromatic carboxylic acids is 4. The summed E-state index contributed by atoms with van der Waals surface area (Å²) in [4.78, 5) is 44.3. The number of hydrogen-bond acceptors (Lipinski definition) is 13. The van der Waals surface area contributed by atoms with Gasteiger partial charge >= 0.3 is 23.9 Å². The van der Waals surface area contributed by atoms with Gasteiger partial charge in [-0.15, -0.1) is 0 Å². The smallest absolute Gasteiger partial charge is 0.338 e. The third-order valence-electron chi connectivity index (χ3n) is 6.26. The number of nitrogen functional groups attached to an aromatic ring is 4. The number of phenols is 4. The molecule has 0 aliphatic heterocycles. The van der Waals surface area contributed by atoms with Gasteiger partial charge < -0.3 is 68.5 Å². The molecule has 0 aliphatic rings. The first-order chi connectivity index (χ1) is 21.4. The van der Waals surface area contributed by atoms with E-state index in [0.29, 0.717) is 11.1 Å². The highest BCUT2D eigenvalue weighted by molar-refractivity contribution is 5.98. The van der Waals surface area contributed by atoms with E-state index < -0.39 is 58.0 Å². The number of benzene rings is 4. The molecule has 0 amide bonds. The molecule has 0 aromatic heterocycles. The maximum atomic E-state index is 11.1. The molecule has 0 radical (unpaired) electrons. The Morgan fingerprint density at radius 2 is 0.717 bits per heavy atom. The number of ether oxygens (including phenoxy) is 1. The summed E-state index contributed by atoms with van der Waals surface area (Å²) in [5.74, 6) is -7.40. The van der Waals surface area contributed by atoms with Crippen molar-refractivity contribution in [3.63, 3.8) is 0 Å². The van der Waals surface area contributed by atoms with Crippen molar-refractivity contribution in [1.29, 1.82) is 0 Å². The summed E-state index contributed by atoms with van der Waals surface area (Å²) in [6.07, 6.45) is 0.0717. The van der Waals surface area contributed by atoms with Crippen LogP contribution in [0.1, 0.15) is 52.6 Å². The molecule has 46 heavy (non-hydrogen) atoms. The van der Waals surface area contributed by atoms with E-state index in [1.165, 1.54) is 24.3 Å². The van der Waals surface area contributed by atoms with Crippen LogP contribution in [0.25, 0.3) is 0 Å². The number of nitrogens with two attached hydrogens (primary N) is 4. The molecule has 240 valence electrons. The highest BCUT2D eigenvalue weighted by Gasteiger charge is 2.19. The second kappa shape index (κ2) is 13.1. The monoisotopic (exact) mass is 638 g/mol. The molecule has 0 saturated carbocycles. The normalized spacial score (nSPS) is 10.3. The topological polar surface area (TPSA) is 343 Å². The quantitative estimate of drug-likeness (QED) is 0.0974. The fraction of sp³-hybridized carbons (Fsp3) is 0.0345. The van der Waals surface area contributed by atoms with Crippen molar-refractivity contribution >= 4 is 46.6 Å². The SMILES string of the molecule is Nc1c(O)cc(Cc2cc(O)c(N)c(C(=O)O)c2)cc1C(=O)O.Nc1c(O)cc(Oc2cc(O)c(N)c(C(=O)O)c2)cc1C(=O)O. The first-order valence-electron chi connectivity index (χ1n) is 12.5. The molecule has 0 bridgehead atoms. The summed E-state index contributed by atoms with van der Waals surface area (Å²) in [6.45, 7) is 0. The zero-order valence-corrected chi connectivity index (χ0v) is 23.3. The fourth-order valence-corrected chi connectivity index (χ4v) is 4.02. The van der Waals surface area contributed by atoms with Gasteiger partial charge in [0.05, 0.1) is 45.0 Å². The average Bonchev–Trinajstić information content (AvgIpc) is 2.95. The number of carbonyl (C=O) groups is 4. The lowest BCUT2D eigenvalue weighted by Gasteiger charge is -2.12. The molecule has 0 heterocycles. The maximum Gasteiger partial charge on any atom is 0.338 e. The van der Waals surface area contributed by atoms with Gasteiger partial charge in [0.25, 0.3) is 0 Å². The summed E-state index contributed by atoms with van der Waals surface area (Å²) in [6, 6.07) is 9.28. The molecule has 17 nitrogen and oxygen atoms in total. The van der Waals surface area contributed by atoms with Gasteiger partial charge in [0.15, 0.2) is 0 Å². The van der Waals surface area contributed by atoms with E-state index in [9.17, 15) is 39.6 Å². The van der Waals surface area contributed by atoms with Gasteiger partial charge in [-0.25, -0.2) is 19.2 Å². The second-order valence-electron chi connectivity index (χ2n) is 9.46. The van der Waals surface area contributed by atoms with Crippen molar-refractivity contribution in [2.24, 2.45) is 0 Å². The second-order valence-corrected chi connectivity index (χ2v) is 9.46. The molecular weight excluding hydrogens is 612 g/mol. The molecule has 0 saturated heterocycles. The van der Waals surface area contributed by atoms with Crippen LogP contribution in [0.2, 0.25) is 0 Å². The maximum absolute atomic E-state index is 11.1. The lowest BCUT2D eigenvalue weighted by Crippen LogP contribution is -2.06. The van der Waals surface area contributed by atoms with Crippen LogP contribution in [0.3, 0.4) is 0 Å². The summed E-state index contributed by atoms with van der Waals surface area (Å²) in [7, 11) is 0. The highest BCUT2D eigenvalue weighted by Crippen LogP contribution is 2.36. The number of rotatable bonds is 8. The zero-order valence-electron chi connectivity index (χ0n) is 23.3. The van der Waals surface area contributed by atoms with E-state index in [2.05, 4.69) is 0 Å². The Morgan fingerprint density at radius 3 is 1.00 bits per heavy atom. The third kappa shape index (κ3) is 7.29. The van der Waals surface area contributed by atoms with Crippen molar-refractivity contribution in [2.45, 2.75) is 6.42 Å². The predicted octanol–water partition coefficient (Wildman–Crippen LogP) is 2.70. The fourth-order valence-electron chi connectivity index (χ4n) is 4.02. The van der Waals surface area contributed by atoms with Crippen LogP contribution in [0.15, 0.2) is 48.5 Å². The van der Waals surface area contributed by atoms with Crippen LogP contribution in [0, 0.1) is 0 Å². The Morgan fingerprint density at radius 1 is 0.457 bits per heavy atom. The predicted molar refractivity (Wildman–Crippen MR) is 161 cm³/mol. The van der Waals surface area contributed by atoms with Gasteiger partial charge in [0, 0.05) is 12.1 Å². The molecule has 4 aromatic carbocycles. The Kier molecular flexibility index (Phi) is 9.52. The van der Waals surface area contributed by atoms with Crippen molar-refractivity contribution < 1.29 is 64.8 Å². The first-order valence-corrected chi connectivity index (χ1v) is 12.5. The minimum absolute atomic E-state index is 0.0717. The van der Waals surface area contributed by atoms with Crippen molar-refractivity contribution in [3.05, 3.63) is 81.9 Å². The highest BCUT2D eigenvalue weighted by atomic mass is 16.5. The largest absolute Gasteiger partial charge is 0.506 e. The van der Waals surface area contributed by atoms with E-state index >= 15 is 0 Å². The Labute approximate surface area is 257 Å². The van der Waals surface area contributed by atoms with Crippen LogP contribution in [0.4, 0.5) is 22.7 Å². The van der Waals surface area contributed by atoms with E-state index in [1.54, 1.807) is 0 Å². The molecule has 0 atom stereocenters. The van der Waals surface area contributed by atoms with Crippen LogP contribution >= 0.6 is 0 Å². The van der Waals surface area contributed by atoms with Gasteiger partial charge in [0.2, 0.25) is 0 Å². The lowest BCUT2D eigenvalue weighted by atomic mass is 9.98. The standard InChI is InChI=1S/C15H14N2O6.C14H12N2O7/c16-12-8(14(20)21)2-6(4-10(12)18)1-7-3-9(15(22)23)13(17)11(19)5-7;15-11-7(13(19)20)1-5(3-9(11)17)23-6-2-8(14(21)22)12(16)10(18)4-6/h2-5,18-19H,1,16-17H2,(H,20,21)(H,22,23);1-4,17-18H,15-16H2,(H,19,20)(H,21,22). The first kappa shape index (κ1) is 33.5. The van der Waals surface area contributed by atoms with Gasteiger partial charge in [-0.3, -0.25) is 0 Å². The number of phenolic OH excluding ortho intramolecular Hbond substituents is 4. The zero-order chi connectivity index (χ0) is 34.6. The molecule has 17 heteroatoms. The summed E-state index contributed by atoms with van der Waals surface area (Å²) in [5, 5.41) is 74.7. The number of carboxylic acid groups (broad SMARTS) is 4. The number of carboxylic acids is 4. The van der Waals surface area contributed by atoms with Gasteiger partial charge in [0.1, 0.15) is 34.5 Å². The molecule has 0 spiro atoms. The molecule has 4 rings (SSSR count). The van der Waals surface area contributed by atoms with Crippen molar-refractivity contribution in [2.75, 3.05) is 22.9 Å².